The van der Waals surface area contributed by atoms with E-state index in [1.165, 1.54) is 0 Å². The number of carboxylic acid groups (broad SMARTS) is 2. The van der Waals surface area contributed by atoms with Gasteiger partial charge in [0.1, 0.15) is 12.1 Å². The van der Waals surface area contributed by atoms with Crippen LogP contribution < -0.4 is 16.0 Å². The van der Waals surface area contributed by atoms with Crippen LogP contribution in [-0.4, -0.2) is 51.0 Å². The van der Waals surface area contributed by atoms with Crippen molar-refractivity contribution in [2.24, 2.45) is 0 Å². The molecule has 0 aromatic heterocycles. The Balaban J connectivity index is 1.44. The Morgan fingerprint density at radius 1 is 1.00 bits per heavy atom. The summed E-state index contributed by atoms with van der Waals surface area (Å²) in [7, 11) is 1.76. The van der Waals surface area contributed by atoms with Crippen LogP contribution in [0.4, 0.5) is 11.4 Å². The Hall–Kier alpha value is -5.23. The van der Waals surface area contributed by atoms with E-state index < -0.39 is 34.9 Å². The molecule has 1 aliphatic rings. The van der Waals surface area contributed by atoms with E-state index in [1.54, 1.807) is 48.3 Å². The number of benzene rings is 3. The van der Waals surface area contributed by atoms with Crippen molar-refractivity contribution < 1.29 is 29.5 Å². The number of nitro groups is 1. The number of likely N-dealkylation sites (N-methyl/N-ethyl adjacent to an activating group) is 1. The zero-order chi connectivity index (χ0) is 31.1. The fraction of sp³-hybridized carbons (Fsp3) is 0.258. The summed E-state index contributed by atoms with van der Waals surface area (Å²) in [4.78, 5) is 48.7. The Bertz CT molecular complexity index is 1540. The van der Waals surface area contributed by atoms with E-state index in [2.05, 4.69) is 16.0 Å². The lowest BCUT2D eigenvalue weighted by Gasteiger charge is -2.23. The molecule has 224 valence electrons. The van der Waals surface area contributed by atoms with Crippen LogP contribution in [0.1, 0.15) is 40.3 Å². The molecule has 3 aromatic rings. The van der Waals surface area contributed by atoms with Gasteiger partial charge in [0.2, 0.25) is 5.91 Å². The molecule has 1 aliphatic heterocycles. The Morgan fingerprint density at radius 3 is 2.26 bits per heavy atom. The number of nitrogens with zero attached hydrogens (tertiary/aromatic N) is 2. The molecule has 5 N–H and O–H groups in total. The summed E-state index contributed by atoms with van der Waals surface area (Å²) >= 11 is 0. The predicted octanol–water partition coefficient (Wildman–Crippen LogP) is 3.91. The molecule has 1 amide bonds. The lowest BCUT2D eigenvalue weighted by molar-refractivity contribution is -0.403. The molecule has 0 saturated heterocycles. The highest BCUT2D eigenvalue weighted by molar-refractivity contribution is 5.89. The lowest BCUT2D eigenvalue weighted by Crippen LogP contribution is -2.46. The maximum Gasteiger partial charge on any atom is 0.326 e. The van der Waals surface area contributed by atoms with Crippen LogP contribution in [0.2, 0.25) is 0 Å². The first-order valence-electron chi connectivity index (χ1n) is 13.6. The Morgan fingerprint density at radius 2 is 1.63 bits per heavy atom. The fourth-order valence-corrected chi connectivity index (χ4v) is 4.95. The molecule has 2 unspecified atom stereocenters. The summed E-state index contributed by atoms with van der Waals surface area (Å²) < 4.78 is 0. The van der Waals surface area contributed by atoms with Crippen molar-refractivity contribution in [3.05, 3.63) is 117 Å². The van der Waals surface area contributed by atoms with E-state index in [-0.39, 0.29) is 18.7 Å². The molecular formula is C31H33N5O7. The van der Waals surface area contributed by atoms with Crippen molar-refractivity contribution in [1.29, 1.82) is 0 Å². The minimum Gasteiger partial charge on any atom is -0.481 e. The van der Waals surface area contributed by atoms with Crippen LogP contribution >= 0.6 is 0 Å². The highest BCUT2D eigenvalue weighted by Gasteiger charge is 2.35. The first-order chi connectivity index (χ1) is 20.5. The number of aliphatic carboxylic acids is 2. The summed E-state index contributed by atoms with van der Waals surface area (Å²) in [6, 6.07) is 17.8. The monoisotopic (exact) mass is 587 g/mol. The van der Waals surface area contributed by atoms with Crippen LogP contribution in [0.15, 0.2) is 78.8 Å². The van der Waals surface area contributed by atoms with Crippen molar-refractivity contribution in [1.82, 2.24) is 10.2 Å². The molecule has 4 rings (SSSR count). The molecule has 3 aromatic carbocycles. The summed E-state index contributed by atoms with van der Waals surface area (Å²) in [5.74, 6) is -2.36. The van der Waals surface area contributed by atoms with Gasteiger partial charge < -0.3 is 26.2 Å². The average molecular weight is 588 g/mol. The van der Waals surface area contributed by atoms with Crippen molar-refractivity contribution in [3.8, 4) is 0 Å². The van der Waals surface area contributed by atoms with Gasteiger partial charge in [-0.3, -0.25) is 24.6 Å². The van der Waals surface area contributed by atoms with E-state index in [0.29, 0.717) is 35.5 Å². The number of anilines is 2. The van der Waals surface area contributed by atoms with Gasteiger partial charge >= 0.3 is 11.9 Å². The minimum atomic E-state index is -1.17. The van der Waals surface area contributed by atoms with Gasteiger partial charge in [-0.1, -0.05) is 48.0 Å². The number of rotatable bonds is 13. The van der Waals surface area contributed by atoms with Crippen LogP contribution in [0.5, 0.6) is 0 Å². The third-order valence-corrected chi connectivity index (χ3v) is 7.10. The van der Waals surface area contributed by atoms with Crippen LogP contribution in [0, 0.1) is 17.0 Å². The van der Waals surface area contributed by atoms with E-state index >= 15 is 0 Å². The van der Waals surface area contributed by atoms with Gasteiger partial charge in [0.15, 0.2) is 5.82 Å². The topological polar surface area (TPSA) is 174 Å². The van der Waals surface area contributed by atoms with Gasteiger partial charge in [-0.2, -0.15) is 0 Å². The van der Waals surface area contributed by atoms with Gasteiger partial charge in [0.25, 0.3) is 6.20 Å². The normalized spacial score (nSPS) is 15.3. The maximum atomic E-state index is 13.4. The van der Waals surface area contributed by atoms with E-state index in [0.717, 1.165) is 22.9 Å². The molecule has 0 radical (unpaired) electrons. The number of nitrogens with one attached hydrogen (secondary N) is 3. The second kappa shape index (κ2) is 13.6. The summed E-state index contributed by atoms with van der Waals surface area (Å²) in [5, 5.41) is 38.6. The van der Waals surface area contributed by atoms with E-state index in [9.17, 15) is 29.6 Å². The molecular weight excluding hydrogens is 554 g/mol. The summed E-state index contributed by atoms with van der Waals surface area (Å²) in [6.45, 7) is 2.36. The number of fused-ring (bicyclic) bond motifs is 1. The third kappa shape index (κ3) is 8.39. The van der Waals surface area contributed by atoms with Gasteiger partial charge in [-0.15, -0.1) is 0 Å². The molecule has 0 saturated carbocycles. The molecule has 2 atom stereocenters. The maximum absolute atomic E-state index is 13.4. The minimum absolute atomic E-state index is 0.00214. The van der Waals surface area contributed by atoms with E-state index in [1.807, 2.05) is 37.3 Å². The molecule has 43 heavy (non-hydrogen) atoms. The molecule has 1 heterocycles. The van der Waals surface area contributed by atoms with Crippen LogP contribution in [0.3, 0.4) is 0 Å². The van der Waals surface area contributed by atoms with Crippen molar-refractivity contribution >= 4 is 29.2 Å². The van der Waals surface area contributed by atoms with Crippen LogP contribution in [-0.2, 0) is 33.8 Å². The zero-order valence-corrected chi connectivity index (χ0v) is 23.7. The molecule has 12 heteroatoms. The molecule has 12 nitrogen and oxygen atoms in total. The Kier molecular flexibility index (Phi) is 9.73. The number of carbonyl (C=O) groups excluding carboxylic acids is 1. The molecule has 0 fully saturated rings. The number of carbonyl (C=O) groups is 3. The first kappa shape index (κ1) is 30.7. The van der Waals surface area contributed by atoms with Gasteiger partial charge in [0, 0.05) is 30.8 Å². The first-order valence-corrected chi connectivity index (χ1v) is 13.6. The quantitative estimate of drug-likeness (QED) is 0.146. The molecule has 0 bridgehead atoms. The zero-order valence-electron chi connectivity index (χ0n) is 23.7. The molecule has 0 aliphatic carbocycles. The number of carboxylic acids is 2. The number of aryl methyl sites for hydroxylation is 2. The van der Waals surface area contributed by atoms with Gasteiger partial charge in [-0.05, 0) is 66.9 Å². The summed E-state index contributed by atoms with van der Waals surface area (Å²) in [5.41, 5.74) is 5.36. The second-order valence-electron chi connectivity index (χ2n) is 10.5. The highest BCUT2D eigenvalue weighted by Crippen LogP contribution is 2.34. The predicted molar refractivity (Wildman–Crippen MR) is 160 cm³/mol. The smallest absolute Gasteiger partial charge is 0.326 e. The molecule has 0 spiro atoms. The van der Waals surface area contributed by atoms with Crippen molar-refractivity contribution in [2.45, 2.75) is 44.8 Å². The number of amides is 1. The van der Waals surface area contributed by atoms with Crippen molar-refractivity contribution in [2.75, 3.05) is 17.7 Å². The second-order valence-corrected chi connectivity index (χ2v) is 10.5. The average Bonchev–Trinajstić information content (AvgIpc) is 3.28. The standard InChI is InChI=1S/C31H33N5O7/c1-19-3-10-23(11-4-19)32-27(18-36(42)43)33-24-12-13-25-22(16-24)17-35(2)29(25)30(39)34-26(31(40)41)15-21-7-5-20(6-8-21)9-14-28(37)38/h3-8,10-13,16,18,26,29,32-33H,9,14-15,17H2,1-2H3,(H,34,39)(H,37,38)(H,40,41)/b27-18-. The number of hydrogen-bond acceptors (Lipinski definition) is 8. The van der Waals surface area contributed by atoms with Crippen LogP contribution in [0.25, 0.3) is 0 Å². The third-order valence-electron chi connectivity index (χ3n) is 7.10. The van der Waals surface area contributed by atoms with Gasteiger partial charge in [0.05, 0.1) is 4.92 Å². The largest absolute Gasteiger partial charge is 0.481 e. The van der Waals surface area contributed by atoms with Gasteiger partial charge in [-0.25, -0.2) is 4.79 Å². The summed E-state index contributed by atoms with van der Waals surface area (Å²) in [6.07, 6.45) is 1.27. The van der Waals surface area contributed by atoms with Crippen molar-refractivity contribution in [3.63, 3.8) is 0 Å². The Labute approximate surface area is 248 Å². The lowest BCUT2D eigenvalue weighted by atomic mass is 10.0. The van der Waals surface area contributed by atoms with E-state index in [4.69, 9.17) is 5.11 Å². The number of hydrogen-bond donors (Lipinski definition) is 5. The highest BCUT2D eigenvalue weighted by atomic mass is 16.6. The fourth-order valence-electron chi connectivity index (χ4n) is 4.95. The SMILES string of the molecule is Cc1ccc(N/C(=C/[N+](=O)[O-])Nc2ccc3c(c2)CN(C)C3C(=O)NC(Cc2ccc(CCC(=O)O)cc2)C(=O)O)cc1.